The number of hydrogen-bond acceptors (Lipinski definition) is 5. The third-order valence-corrected chi connectivity index (χ3v) is 4.44. The van der Waals surface area contributed by atoms with Gasteiger partial charge in [0.05, 0.1) is 17.9 Å². The Hall–Kier alpha value is -2.25. The lowest BCUT2D eigenvalue weighted by molar-refractivity contribution is -0.0778. The largest absolute Gasteiger partial charge is 0.373 e. The van der Waals surface area contributed by atoms with Crippen molar-refractivity contribution in [1.82, 2.24) is 25.0 Å². The van der Waals surface area contributed by atoms with Gasteiger partial charge < -0.3 is 10.1 Å². The number of carbonyl (C=O) groups is 1. The van der Waals surface area contributed by atoms with Crippen molar-refractivity contribution in [2.24, 2.45) is 0 Å². The number of amides is 1. The minimum Gasteiger partial charge on any atom is -0.373 e. The molecule has 2 aromatic rings. The second kappa shape index (κ2) is 7.76. The van der Waals surface area contributed by atoms with Crippen molar-refractivity contribution in [3.05, 3.63) is 42.5 Å². The Balaban J connectivity index is 1.53. The summed E-state index contributed by atoms with van der Waals surface area (Å²) in [7, 11) is 0. The van der Waals surface area contributed by atoms with E-state index in [1.807, 2.05) is 12.1 Å². The van der Waals surface area contributed by atoms with Gasteiger partial charge in [-0.05, 0) is 45.0 Å². The molecule has 134 valence electrons. The zero-order valence-electron chi connectivity index (χ0n) is 14.9. The van der Waals surface area contributed by atoms with Crippen LogP contribution in [0.5, 0.6) is 0 Å². The van der Waals surface area contributed by atoms with Gasteiger partial charge in [-0.15, -0.1) is 0 Å². The van der Waals surface area contributed by atoms with Crippen LogP contribution in [-0.2, 0) is 4.74 Å². The molecule has 1 amide bonds. The van der Waals surface area contributed by atoms with E-state index in [1.165, 1.54) is 6.33 Å². The third kappa shape index (κ3) is 4.43. The Morgan fingerprint density at radius 3 is 2.56 bits per heavy atom. The van der Waals surface area contributed by atoms with E-state index in [0.717, 1.165) is 18.8 Å². The van der Waals surface area contributed by atoms with Crippen molar-refractivity contribution in [2.75, 3.05) is 19.6 Å². The maximum Gasteiger partial charge on any atom is 0.251 e. The van der Waals surface area contributed by atoms with Crippen LogP contribution in [0.3, 0.4) is 0 Å². The fourth-order valence-electron chi connectivity index (χ4n) is 3.16. The second-order valence-corrected chi connectivity index (χ2v) is 6.66. The van der Waals surface area contributed by atoms with Crippen LogP contribution in [0, 0.1) is 0 Å². The van der Waals surface area contributed by atoms with Crippen molar-refractivity contribution >= 4 is 5.91 Å². The minimum absolute atomic E-state index is 0.0636. The Morgan fingerprint density at radius 2 is 1.96 bits per heavy atom. The van der Waals surface area contributed by atoms with Crippen LogP contribution in [-0.4, -0.2) is 63.5 Å². The van der Waals surface area contributed by atoms with Gasteiger partial charge in [0, 0.05) is 31.2 Å². The first-order valence-electron chi connectivity index (χ1n) is 8.65. The number of benzene rings is 1. The summed E-state index contributed by atoms with van der Waals surface area (Å²) in [4.78, 5) is 18.7. The number of rotatable bonds is 5. The monoisotopic (exact) mass is 343 g/mol. The molecular weight excluding hydrogens is 318 g/mol. The first-order valence-corrected chi connectivity index (χ1v) is 8.65. The Bertz CT molecular complexity index is 676. The molecule has 0 spiro atoms. The SMILES string of the molecule is CC1CN(C(C)CNC(=O)c2ccc(-n3cncn3)cc2)CC(C)O1. The molecule has 7 heteroatoms. The molecule has 3 rings (SSSR count). The van der Waals surface area contributed by atoms with Gasteiger partial charge in [-0.25, -0.2) is 9.67 Å². The van der Waals surface area contributed by atoms with E-state index < -0.39 is 0 Å². The van der Waals surface area contributed by atoms with Gasteiger partial charge in [0.25, 0.3) is 5.91 Å². The fourth-order valence-corrected chi connectivity index (χ4v) is 3.16. The maximum absolute atomic E-state index is 12.4. The summed E-state index contributed by atoms with van der Waals surface area (Å²) >= 11 is 0. The molecular formula is C18H25N5O2. The highest BCUT2D eigenvalue weighted by Gasteiger charge is 2.25. The van der Waals surface area contributed by atoms with Crippen LogP contribution in [0.1, 0.15) is 31.1 Å². The topological polar surface area (TPSA) is 72.3 Å². The lowest BCUT2D eigenvalue weighted by atomic mass is 10.1. The fraction of sp³-hybridized carbons (Fsp3) is 0.500. The van der Waals surface area contributed by atoms with E-state index in [2.05, 4.69) is 41.1 Å². The summed E-state index contributed by atoms with van der Waals surface area (Å²) in [6, 6.07) is 7.59. The summed E-state index contributed by atoms with van der Waals surface area (Å²) in [6.45, 7) is 8.72. The van der Waals surface area contributed by atoms with Gasteiger partial charge in [0.2, 0.25) is 0 Å². The molecule has 25 heavy (non-hydrogen) atoms. The van der Waals surface area contributed by atoms with E-state index >= 15 is 0 Å². The number of hydrogen-bond donors (Lipinski definition) is 1. The highest BCUT2D eigenvalue weighted by atomic mass is 16.5. The number of ether oxygens (including phenoxy) is 1. The molecule has 0 radical (unpaired) electrons. The average Bonchev–Trinajstić information content (AvgIpc) is 3.13. The number of aromatic nitrogens is 3. The molecule has 2 heterocycles. The van der Waals surface area contributed by atoms with Gasteiger partial charge in [0.15, 0.2) is 0 Å². The third-order valence-electron chi connectivity index (χ3n) is 4.44. The van der Waals surface area contributed by atoms with Gasteiger partial charge in [-0.3, -0.25) is 9.69 Å². The first-order chi connectivity index (χ1) is 12.0. The molecule has 1 fully saturated rings. The van der Waals surface area contributed by atoms with Crippen LogP contribution in [0.2, 0.25) is 0 Å². The molecule has 7 nitrogen and oxygen atoms in total. The predicted octanol–water partition coefficient (Wildman–Crippen LogP) is 1.49. The minimum atomic E-state index is -0.0636. The van der Waals surface area contributed by atoms with Crippen molar-refractivity contribution in [1.29, 1.82) is 0 Å². The van der Waals surface area contributed by atoms with Crippen LogP contribution in [0.4, 0.5) is 0 Å². The molecule has 1 aromatic heterocycles. The number of carbonyl (C=O) groups excluding carboxylic acids is 1. The molecule has 1 aliphatic rings. The van der Waals surface area contributed by atoms with E-state index in [-0.39, 0.29) is 24.2 Å². The van der Waals surface area contributed by atoms with Crippen molar-refractivity contribution in [3.63, 3.8) is 0 Å². The summed E-state index contributed by atoms with van der Waals surface area (Å²) in [6.07, 6.45) is 3.56. The normalized spacial score (nSPS) is 22.5. The Kier molecular flexibility index (Phi) is 5.45. The molecule has 1 aromatic carbocycles. The van der Waals surface area contributed by atoms with Crippen LogP contribution < -0.4 is 5.32 Å². The van der Waals surface area contributed by atoms with Crippen LogP contribution in [0.25, 0.3) is 5.69 Å². The van der Waals surface area contributed by atoms with Crippen molar-refractivity contribution in [2.45, 2.75) is 39.0 Å². The molecule has 0 aliphatic carbocycles. The van der Waals surface area contributed by atoms with Gasteiger partial charge in [0.1, 0.15) is 12.7 Å². The smallest absolute Gasteiger partial charge is 0.251 e. The lowest BCUT2D eigenvalue weighted by Gasteiger charge is -2.39. The summed E-state index contributed by atoms with van der Waals surface area (Å²) < 4.78 is 7.42. The summed E-state index contributed by atoms with van der Waals surface area (Å²) in [5.41, 5.74) is 1.51. The lowest BCUT2D eigenvalue weighted by Crippen LogP contribution is -2.52. The highest BCUT2D eigenvalue weighted by Crippen LogP contribution is 2.13. The van der Waals surface area contributed by atoms with Crippen molar-refractivity contribution in [3.8, 4) is 5.69 Å². The average molecular weight is 343 g/mol. The molecule has 1 aliphatic heterocycles. The van der Waals surface area contributed by atoms with E-state index in [1.54, 1.807) is 23.1 Å². The first kappa shape index (κ1) is 17.6. The molecule has 1 saturated heterocycles. The number of nitrogens with zero attached hydrogens (tertiary/aromatic N) is 4. The maximum atomic E-state index is 12.4. The van der Waals surface area contributed by atoms with Gasteiger partial charge in [-0.2, -0.15) is 5.10 Å². The summed E-state index contributed by atoms with van der Waals surface area (Å²) in [5, 5.41) is 7.10. The van der Waals surface area contributed by atoms with Gasteiger partial charge >= 0.3 is 0 Å². The number of morpholine rings is 1. The molecule has 0 bridgehead atoms. The molecule has 3 atom stereocenters. The summed E-state index contributed by atoms with van der Waals surface area (Å²) in [5.74, 6) is -0.0636. The molecule has 1 N–H and O–H groups in total. The Labute approximate surface area is 148 Å². The van der Waals surface area contributed by atoms with E-state index in [9.17, 15) is 4.79 Å². The predicted molar refractivity (Wildman–Crippen MR) is 94.7 cm³/mol. The zero-order valence-corrected chi connectivity index (χ0v) is 14.9. The standard InChI is InChI=1S/C18H25N5O2/c1-13(22-9-14(2)25-15(3)10-22)8-20-18(24)16-4-6-17(7-5-16)23-12-19-11-21-23/h4-7,11-15H,8-10H2,1-3H3,(H,20,24). The van der Waals surface area contributed by atoms with Crippen LogP contribution in [0.15, 0.2) is 36.9 Å². The molecule has 0 saturated carbocycles. The second-order valence-electron chi connectivity index (χ2n) is 6.66. The Morgan fingerprint density at radius 1 is 1.28 bits per heavy atom. The highest BCUT2D eigenvalue weighted by molar-refractivity contribution is 5.94. The molecule has 3 unspecified atom stereocenters. The van der Waals surface area contributed by atoms with E-state index in [0.29, 0.717) is 12.1 Å². The van der Waals surface area contributed by atoms with Crippen molar-refractivity contribution < 1.29 is 9.53 Å². The van der Waals surface area contributed by atoms with Crippen LogP contribution >= 0.6 is 0 Å². The zero-order chi connectivity index (χ0) is 17.8. The van der Waals surface area contributed by atoms with Gasteiger partial charge in [-0.1, -0.05) is 0 Å². The quantitative estimate of drug-likeness (QED) is 0.891. The van der Waals surface area contributed by atoms with E-state index in [4.69, 9.17) is 4.74 Å². The number of nitrogens with one attached hydrogen (secondary N) is 1.